The molecule has 0 aliphatic heterocycles. The van der Waals surface area contributed by atoms with Crippen LogP contribution >= 0.6 is 0 Å². The van der Waals surface area contributed by atoms with Crippen molar-refractivity contribution in [3.8, 4) is 23.0 Å². The van der Waals surface area contributed by atoms with Crippen LogP contribution in [0, 0.1) is 0 Å². The molecule has 1 N–H and O–H groups in total. The second-order valence-electron chi connectivity index (χ2n) is 5.87. The van der Waals surface area contributed by atoms with Crippen LogP contribution in [0.5, 0.6) is 11.8 Å². The molecule has 0 unspecified atom stereocenters. The molecule has 0 fully saturated rings. The molecule has 3 aromatic rings. The maximum atomic E-state index is 5.29. The van der Waals surface area contributed by atoms with Gasteiger partial charge >= 0.3 is 6.01 Å². The fraction of sp³-hybridized carbons (Fsp3) is 0.238. The van der Waals surface area contributed by atoms with Crippen LogP contribution in [0.4, 0.5) is 5.82 Å². The van der Waals surface area contributed by atoms with Crippen molar-refractivity contribution in [1.29, 1.82) is 0 Å². The first kappa shape index (κ1) is 17.7. The summed E-state index contributed by atoms with van der Waals surface area (Å²) in [4.78, 5) is 8.83. The quantitative estimate of drug-likeness (QED) is 0.618. The fourth-order valence-corrected chi connectivity index (χ4v) is 2.69. The molecule has 134 valence electrons. The zero-order valence-electron chi connectivity index (χ0n) is 15.1. The van der Waals surface area contributed by atoms with E-state index in [0.29, 0.717) is 6.01 Å². The van der Waals surface area contributed by atoms with E-state index in [2.05, 4.69) is 39.6 Å². The van der Waals surface area contributed by atoms with Gasteiger partial charge in [-0.2, -0.15) is 9.97 Å². The molecule has 1 aromatic heterocycles. The van der Waals surface area contributed by atoms with Crippen molar-refractivity contribution in [2.75, 3.05) is 26.1 Å². The summed E-state index contributed by atoms with van der Waals surface area (Å²) in [5.41, 5.74) is 3.09. The van der Waals surface area contributed by atoms with Gasteiger partial charge in [0.05, 0.1) is 19.9 Å². The summed E-state index contributed by atoms with van der Waals surface area (Å²) in [6.07, 6.45) is 2.05. The molecule has 0 atom stereocenters. The monoisotopic (exact) mass is 349 g/mol. The Hall–Kier alpha value is -3.08. The first-order valence-corrected chi connectivity index (χ1v) is 8.64. The highest BCUT2D eigenvalue weighted by Crippen LogP contribution is 2.25. The largest absolute Gasteiger partial charge is 0.497 e. The number of methoxy groups -OCH3 is 2. The molecule has 0 aliphatic carbocycles. The Balaban J connectivity index is 1.69. The highest BCUT2D eigenvalue weighted by Gasteiger charge is 2.08. The highest BCUT2D eigenvalue weighted by molar-refractivity contribution is 5.64. The Morgan fingerprint density at radius 3 is 2.50 bits per heavy atom. The molecule has 0 amide bonds. The predicted octanol–water partition coefficient (Wildman–Crippen LogP) is 4.21. The summed E-state index contributed by atoms with van der Waals surface area (Å²) in [7, 11) is 3.23. The molecule has 0 spiro atoms. The molecule has 0 saturated carbocycles. The van der Waals surface area contributed by atoms with Crippen molar-refractivity contribution >= 4 is 5.82 Å². The summed E-state index contributed by atoms with van der Waals surface area (Å²) in [6, 6.07) is 20.5. The Kier molecular flexibility index (Phi) is 6.04. The second kappa shape index (κ2) is 8.85. The Morgan fingerprint density at radius 2 is 1.73 bits per heavy atom. The van der Waals surface area contributed by atoms with Gasteiger partial charge in [-0.05, 0) is 30.5 Å². The molecule has 0 radical (unpaired) electrons. The summed E-state index contributed by atoms with van der Waals surface area (Å²) in [5.74, 6) is 1.54. The fourth-order valence-electron chi connectivity index (χ4n) is 2.69. The smallest absolute Gasteiger partial charge is 0.318 e. The SMILES string of the molecule is COc1cccc(-c2cc(NCCCc3ccccc3)nc(OC)n2)c1. The third-order valence-corrected chi connectivity index (χ3v) is 4.04. The van der Waals surface area contributed by atoms with Gasteiger partial charge in [0.2, 0.25) is 0 Å². The van der Waals surface area contributed by atoms with E-state index in [-0.39, 0.29) is 0 Å². The Bertz CT molecular complexity index is 838. The minimum atomic E-state index is 0.343. The number of rotatable bonds is 8. The van der Waals surface area contributed by atoms with Gasteiger partial charge in [-0.15, -0.1) is 0 Å². The molecule has 2 aromatic carbocycles. The number of aromatic nitrogens is 2. The molecule has 3 rings (SSSR count). The van der Waals surface area contributed by atoms with E-state index >= 15 is 0 Å². The Morgan fingerprint density at radius 1 is 0.885 bits per heavy atom. The minimum absolute atomic E-state index is 0.343. The summed E-state index contributed by atoms with van der Waals surface area (Å²) >= 11 is 0. The highest BCUT2D eigenvalue weighted by atomic mass is 16.5. The average molecular weight is 349 g/mol. The van der Waals surface area contributed by atoms with Gasteiger partial charge in [-0.1, -0.05) is 42.5 Å². The number of benzene rings is 2. The lowest BCUT2D eigenvalue weighted by Gasteiger charge is -2.10. The molecule has 0 bridgehead atoms. The standard InChI is InChI=1S/C21H23N3O2/c1-25-18-12-6-11-17(14-18)19-15-20(24-21(23-19)26-2)22-13-7-10-16-8-4-3-5-9-16/h3-6,8-9,11-12,14-15H,7,10,13H2,1-2H3,(H,22,23,24). The number of nitrogens with one attached hydrogen (secondary N) is 1. The molecular weight excluding hydrogens is 326 g/mol. The van der Waals surface area contributed by atoms with Crippen LogP contribution in [-0.4, -0.2) is 30.7 Å². The van der Waals surface area contributed by atoms with Crippen LogP contribution in [-0.2, 0) is 6.42 Å². The number of nitrogens with zero attached hydrogens (tertiary/aromatic N) is 2. The van der Waals surface area contributed by atoms with Gasteiger partial charge in [0, 0.05) is 18.2 Å². The first-order valence-electron chi connectivity index (χ1n) is 8.64. The number of ether oxygens (including phenoxy) is 2. The van der Waals surface area contributed by atoms with E-state index in [9.17, 15) is 0 Å². The van der Waals surface area contributed by atoms with Gasteiger partial charge < -0.3 is 14.8 Å². The van der Waals surface area contributed by atoms with Crippen molar-refractivity contribution in [2.45, 2.75) is 12.8 Å². The average Bonchev–Trinajstić information content (AvgIpc) is 2.71. The molecule has 5 heteroatoms. The number of hydrogen-bond acceptors (Lipinski definition) is 5. The van der Waals surface area contributed by atoms with E-state index in [1.54, 1.807) is 14.2 Å². The first-order chi connectivity index (χ1) is 12.8. The molecule has 5 nitrogen and oxygen atoms in total. The van der Waals surface area contributed by atoms with Gasteiger partial charge in [0.15, 0.2) is 0 Å². The van der Waals surface area contributed by atoms with E-state index in [1.165, 1.54) is 5.56 Å². The molecule has 0 aliphatic rings. The van der Waals surface area contributed by atoms with Crippen LogP contribution in [0.1, 0.15) is 12.0 Å². The maximum Gasteiger partial charge on any atom is 0.318 e. The van der Waals surface area contributed by atoms with Crippen molar-refractivity contribution in [3.63, 3.8) is 0 Å². The van der Waals surface area contributed by atoms with Crippen molar-refractivity contribution < 1.29 is 9.47 Å². The summed E-state index contributed by atoms with van der Waals surface area (Å²) < 4.78 is 10.6. The van der Waals surface area contributed by atoms with Crippen LogP contribution in [0.3, 0.4) is 0 Å². The third-order valence-electron chi connectivity index (χ3n) is 4.04. The number of anilines is 1. The molecular formula is C21H23N3O2. The topological polar surface area (TPSA) is 56.3 Å². The van der Waals surface area contributed by atoms with Crippen molar-refractivity contribution in [1.82, 2.24) is 9.97 Å². The number of aryl methyl sites for hydroxylation is 1. The van der Waals surface area contributed by atoms with Gasteiger partial charge in [-0.25, -0.2) is 0 Å². The third kappa shape index (κ3) is 4.72. The zero-order valence-corrected chi connectivity index (χ0v) is 15.1. The lowest BCUT2D eigenvalue weighted by Crippen LogP contribution is -2.06. The minimum Gasteiger partial charge on any atom is -0.497 e. The molecule has 26 heavy (non-hydrogen) atoms. The van der Waals surface area contributed by atoms with E-state index < -0.39 is 0 Å². The predicted molar refractivity (Wildman–Crippen MR) is 104 cm³/mol. The van der Waals surface area contributed by atoms with E-state index in [0.717, 1.165) is 42.2 Å². The maximum absolute atomic E-state index is 5.29. The summed E-state index contributed by atoms with van der Waals surface area (Å²) in [5, 5.41) is 3.37. The van der Waals surface area contributed by atoms with Crippen LogP contribution in [0.25, 0.3) is 11.3 Å². The molecule has 0 saturated heterocycles. The van der Waals surface area contributed by atoms with Crippen LogP contribution in [0.2, 0.25) is 0 Å². The second-order valence-corrected chi connectivity index (χ2v) is 5.87. The van der Waals surface area contributed by atoms with Crippen LogP contribution < -0.4 is 14.8 Å². The molecule has 1 heterocycles. The Labute approximate surface area is 154 Å². The van der Waals surface area contributed by atoms with E-state index in [1.807, 2.05) is 36.4 Å². The number of hydrogen-bond donors (Lipinski definition) is 1. The van der Waals surface area contributed by atoms with E-state index in [4.69, 9.17) is 9.47 Å². The van der Waals surface area contributed by atoms with Gasteiger partial charge in [-0.3, -0.25) is 0 Å². The normalized spacial score (nSPS) is 10.4. The van der Waals surface area contributed by atoms with Crippen LogP contribution in [0.15, 0.2) is 60.7 Å². The zero-order chi connectivity index (χ0) is 18.2. The van der Waals surface area contributed by atoms with Crippen molar-refractivity contribution in [2.24, 2.45) is 0 Å². The lowest BCUT2D eigenvalue weighted by molar-refractivity contribution is 0.381. The lowest BCUT2D eigenvalue weighted by atomic mass is 10.1. The van der Waals surface area contributed by atoms with Crippen molar-refractivity contribution in [3.05, 3.63) is 66.2 Å². The summed E-state index contributed by atoms with van der Waals surface area (Å²) in [6.45, 7) is 0.826. The van der Waals surface area contributed by atoms with Gasteiger partial charge in [0.1, 0.15) is 11.6 Å². The van der Waals surface area contributed by atoms with Gasteiger partial charge in [0.25, 0.3) is 0 Å².